The fourth-order valence-electron chi connectivity index (χ4n) is 5.09. The van der Waals surface area contributed by atoms with Crippen molar-refractivity contribution in [3.8, 4) is 5.75 Å². The van der Waals surface area contributed by atoms with Gasteiger partial charge >= 0.3 is 6.18 Å². The van der Waals surface area contributed by atoms with Gasteiger partial charge in [-0.15, -0.1) is 0 Å². The van der Waals surface area contributed by atoms with Crippen LogP contribution in [0.4, 0.5) is 18.9 Å². The quantitative estimate of drug-likeness (QED) is 0.507. The van der Waals surface area contributed by atoms with Crippen LogP contribution < -0.4 is 5.32 Å². The number of hydrogen-bond acceptors (Lipinski definition) is 3. The van der Waals surface area contributed by atoms with Crippen LogP contribution in [0.15, 0.2) is 36.4 Å². The highest BCUT2D eigenvalue weighted by Crippen LogP contribution is 2.42. The number of phenolic OH excluding ortho intramolecular Hbond substituents is 1. The molecule has 2 fully saturated rings. The molecule has 1 heterocycles. The molecule has 2 aliphatic rings. The lowest BCUT2D eigenvalue weighted by Gasteiger charge is -2.33. The molecule has 2 aromatic carbocycles. The molecule has 178 valence electrons. The van der Waals surface area contributed by atoms with E-state index >= 15 is 0 Å². The number of carbonyl (C=O) groups is 1. The molecule has 1 atom stereocenters. The Kier molecular flexibility index (Phi) is 6.71. The third-order valence-electron chi connectivity index (χ3n) is 6.86. The number of anilines is 1. The summed E-state index contributed by atoms with van der Waals surface area (Å²) in [6.45, 7) is 6.29. The predicted molar refractivity (Wildman–Crippen MR) is 122 cm³/mol. The van der Waals surface area contributed by atoms with Gasteiger partial charge in [-0.25, -0.2) is 0 Å². The maximum Gasteiger partial charge on any atom is 0.420 e. The largest absolute Gasteiger partial charge is 0.505 e. The standard InChI is InChI=1S/C26H31F3N2O2/c1-16-5-4-8-31(14-16)15-18-11-22(26(27,28)29)24(32)23(12-18)30-25(33)20-7-3-6-19(13-20)21-9-17(2)10-21/h3,6-7,11-13,16-17,21,32H,4-5,8-10,14-15H2,1-2H3,(H,30,33). The highest BCUT2D eigenvalue weighted by molar-refractivity contribution is 6.05. The first-order chi connectivity index (χ1) is 15.6. The number of benzene rings is 2. The molecule has 0 spiro atoms. The second kappa shape index (κ2) is 9.37. The number of carbonyl (C=O) groups excluding carboxylic acids is 1. The van der Waals surface area contributed by atoms with Gasteiger partial charge in [-0.3, -0.25) is 9.69 Å². The van der Waals surface area contributed by atoms with Gasteiger partial charge < -0.3 is 10.4 Å². The summed E-state index contributed by atoms with van der Waals surface area (Å²) in [6.07, 6.45) is -0.476. The highest BCUT2D eigenvalue weighted by atomic mass is 19.4. The number of halogens is 3. The summed E-state index contributed by atoms with van der Waals surface area (Å²) < 4.78 is 40.9. The second-order valence-corrected chi connectivity index (χ2v) is 9.87. The lowest BCUT2D eigenvalue weighted by molar-refractivity contribution is -0.138. The van der Waals surface area contributed by atoms with Crippen molar-refractivity contribution in [3.63, 3.8) is 0 Å². The molecule has 2 N–H and O–H groups in total. The molecular formula is C26H31F3N2O2. The normalized spacial score (nSPS) is 23.7. The van der Waals surface area contributed by atoms with E-state index in [2.05, 4.69) is 24.1 Å². The van der Waals surface area contributed by atoms with Crippen LogP contribution in [-0.4, -0.2) is 29.0 Å². The molecule has 1 unspecified atom stereocenters. The monoisotopic (exact) mass is 460 g/mol. The molecule has 0 aromatic heterocycles. The molecule has 33 heavy (non-hydrogen) atoms. The Bertz CT molecular complexity index is 1020. The van der Waals surface area contributed by atoms with Crippen molar-refractivity contribution in [2.45, 2.75) is 58.2 Å². The summed E-state index contributed by atoms with van der Waals surface area (Å²) in [7, 11) is 0. The van der Waals surface area contributed by atoms with E-state index in [0.29, 0.717) is 35.4 Å². The first-order valence-electron chi connectivity index (χ1n) is 11.7. The van der Waals surface area contributed by atoms with Crippen LogP contribution in [0.3, 0.4) is 0 Å². The van der Waals surface area contributed by atoms with E-state index in [4.69, 9.17) is 0 Å². The van der Waals surface area contributed by atoms with Gasteiger partial charge in [0.25, 0.3) is 5.91 Å². The molecule has 0 bridgehead atoms. The zero-order valence-electron chi connectivity index (χ0n) is 19.1. The van der Waals surface area contributed by atoms with E-state index in [1.165, 1.54) is 6.07 Å². The van der Waals surface area contributed by atoms with Gasteiger partial charge in [-0.2, -0.15) is 13.2 Å². The summed E-state index contributed by atoms with van der Waals surface area (Å²) in [5.41, 5.74) is 0.515. The molecule has 4 nitrogen and oxygen atoms in total. The Morgan fingerprint density at radius 3 is 2.58 bits per heavy atom. The Morgan fingerprint density at radius 2 is 1.91 bits per heavy atom. The fraction of sp³-hybridized carbons (Fsp3) is 0.500. The minimum atomic E-state index is -4.73. The van der Waals surface area contributed by atoms with Crippen LogP contribution in [0, 0.1) is 11.8 Å². The number of phenols is 1. The topological polar surface area (TPSA) is 52.6 Å². The van der Waals surface area contributed by atoms with Crippen LogP contribution in [0.1, 0.15) is 72.5 Å². The van der Waals surface area contributed by atoms with Crippen molar-refractivity contribution < 1.29 is 23.1 Å². The zero-order valence-corrected chi connectivity index (χ0v) is 19.1. The number of likely N-dealkylation sites (tertiary alicyclic amines) is 1. The van der Waals surface area contributed by atoms with E-state index < -0.39 is 23.4 Å². The van der Waals surface area contributed by atoms with E-state index in [1.54, 1.807) is 18.2 Å². The van der Waals surface area contributed by atoms with Gasteiger partial charge in [0.05, 0.1) is 11.3 Å². The number of aromatic hydroxyl groups is 1. The highest BCUT2D eigenvalue weighted by Gasteiger charge is 2.36. The predicted octanol–water partition coefficient (Wildman–Crippen LogP) is 6.41. The minimum Gasteiger partial charge on any atom is -0.505 e. The first kappa shape index (κ1) is 23.6. The van der Waals surface area contributed by atoms with Crippen LogP contribution in [0.2, 0.25) is 0 Å². The van der Waals surface area contributed by atoms with Crippen molar-refractivity contribution in [2.24, 2.45) is 11.8 Å². The summed E-state index contributed by atoms with van der Waals surface area (Å²) in [5, 5.41) is 12.9. The Hall–Kier alpha value is -2.54. The SMILES string of the molecule is CC1CC(c2cccc(C(=O)Nc3cc(CN4CCCC(C)C4)cc(C(F)(F)F)c3O)c2)C1. The maximum absolute atomic E-state index is 13.6. The van der Waals surface area contributed by atoms with Crippen LogP contribution in [0.5, 0.6) is 5.75 Å². The number of hydrogen-bond donors (Lipinski definition) is 2. The third-order valence-corrected chi connectivity index (χ3v) is 6.86. The molecule has 4 rings (SSSR count). The molecule has 0 radical (unpaired) electrons. The molecule has 7 heteroatoms. The minimum absolute atomic E-state index is 0.211. The number of alkyl halides is 3. The van der Waals surface area contributed by atoms with Crippen LogP contribution in [0.25, 0.3) is 0 Å². The van der Waals surface area contributed by atoms with Gasteiger partial charge in [0.1, 0.15) is 0 Å². The van der Waals surface area contributed by atoms with Crippen molar-refractivity contribution in [2.75, 3.05) is 18.4 Å². The Labute approximate surface area is 192 Å². The van der Waals surface area contributed by atoms with Gasteiger partial charge in [0.2, 0.25) is 0 Å². The first-order valence-corrected chi connectivity index (χ1v) is 11.7. The van der Waals surface area contributed by atoms with Crippen molar-refractivity contribution >= 4 is 11.6 Å². The van der Waals surface area contributed by atoms with Gasteiger partial charge in [0, 0.05) is 18.7 Å². The number of piperidine rings is 1. The van der Waals surface area contributed by atoms with Crippen molar-refractivity contribution in [3.05, 3.63) is 58.7 Å². The summed E-state index contributed by atoms with van der Waals surface area (Å²) >= 11 is 0. The number of amides is 1. The molecule has 1 amide bonds. The number of nitrogens with one attached hydrogen (secondary N) is 1. The molecule has 1 aliphatic heterocycles. The Balaban J connectivity index is 1.58. The van der Waals surface area contributed by atoms with Gasteiger partial charge in [-0.05, 0) is 85.4 Å². The van der Waals surface area contributed by atoms with Crippen LogP contribution >= 0.6 is 0 Å². The lowest BCUT2D eigenvalue weighted by atomic mass is 9.72. The maximum atomic E-state index is 13.6. The molecule has 2 aromatic rings. The van der Waals surface area contributed by atoms with Gasteiger partial charge in [-0.1, -0.05) is 26.0 Å². The van der Waals surface area contributed by atoms with E-state index in [9.17, 15) is 23.1 Å². The molecule has 1 saturated heterocycles. The Morgan fingerprint density at radius 1 is 1.15 bits per heavy atom. The van der Waals surface area contributed by atoms with Crippen LogP contribution in [-0.2, 0) is 12.7 Å². The molecule has 1 aliphatic carbocycles. The third kappa shape index (κ3) is 5.52. The summed E-state index contributed by atoms with van der Waals surface area (Å²) in [5.74, 6) is 0.0825. The van der Waals surface area contributed by atoms with E-state index in [1.807, 2.05) is 6.07 Å². The lowest BCUT2D eigenvalue weighted by Crippen LogP contribution is -2.33. The van der Waals surface area contributed by atoms with Gasteiger partial charge in [0.15, 0.2) is 5.75 Å². The van der Waals surface area contributed by atoms with Crippen molar-refractivity contribution in [1.82, 2.24) is 4.90 Å². The molecule has 1 saturated carbocycles. The smallest absolute Gasteiger partial charge is 0.420 e. The average molecular weight is 461 g/mol. The summed E-state index contributed by atoms with van der Waals surface area (Å²) in [6, 6.07) is 9.66. The number of nitrogens with zero attached hydrogens (tertiary/aromatic N) is 1. The second-order valence-electron chi connectivity index (χ2n) is 9.87. The van der Waals surface area contributed by atoms with E-state index in [-0.39, 0.29) is 5.69 Å². The molecular weight excluding hydrogens is 429 g/mol. The van der Waals surface area contributed by atoms with E-state index in [0.717, 1.165) is 50.4 Å². The van der Waals surface area contributed by atoms with Crippen molar-refractivity contribution in [1.29, 1.82) is 0 Å². The summed E-state index contributed by atoms with van der Waals surface area (Å²) in [4.78, 5) is 15.0. The number of rotatable bonds is 5. The fourth-order valence-corrected chi connectivity index (χ4v) is 5.09. The average Bonchev–Trinajstić information content (AvgIpc) is 2.73. The zero-order chi connectivity index (χ0) is 23.8.